The van der Waals surface area contributed by atoms with Crippen LogP contribution in [0.2, 0.25) is 0 Å². The Balaban J connectivity index is 1.39. The van der Waals surface area contributed by atoms with Crippen molar-refractivity contribution in [3.63, 3.8) is 0 Å². The molecule has 3 aromatic heterocycles. The average molecular weight is 422 g/mol. The molecule has 0 saturated carbocycles. The number of carbonyl (C=O) groups is 1. The molecule has 0 unspecified atom stereocenters. The maximum atomic E-state index is 12.7. The minimum Gasteiger partial charge on any atom is -0.356 e. The molecule has 0 aromatic carbocycles. The highest BCUT2D eigenvalue weighted by Crippen LogP contribution is 2.35. The molecule has 0 atom stereocenters. The Hall–Kier alpha value is -3.23. The topological polar surface area (TPSA) is 101 Å². The fourth-order valence-corrected chi connectivity index (χ4v) is 4.42. The minimum atomic E-state index is -0.106. The molecule has 31 heavy (non-hydrogen) atoms. The first-order valence-electron chi connectivity index (χ1n) is 10.9. The van der Waals surface area contributed by atoms with Gasteiger partial charge in [0, 0.05) is 50.4 Å². The van der Waals surface area contributed by atoms with E-state index in [2.05, 4.69) is 20.2 Å². The predicted octanol–water partition coefficient (Wildman–Crippen LogP) is 3.36. The number of hydrogen-bond donors (Lipinski definition) is 0. The molecule has 9 heteroatoms. The largest absolute Gasteiger partial charge is 0.356 e. The molecule has 2 aliphatic heterocycles. The van der Waals surface area contributed by atoms with Crippen LogP contribution in [0, 0.1) is 13.8 Å². The number of rotatable bonds is 4. The van der Waals surface area contributed by atoms with Crippen molar-refractivity contribution in [1.82, 2.24) is 25.2 Å². The van der Waals surface area contributed by atoms with Gasteiger partial charge in [0.1, 0.15) is 0 Å². The lowest BCUT2D eigenvalue weighted by atomic mass is 9.90. The summed E-state index contributed by atoms with van der Waals surface area (Å²) in [4.78, 5) is 26.4. The van der Waals surface area contributed by atoms with Crippen molar-refractivity contribution in [2.45, 2.75) is 45.4 Å². The summed E-state index contributed by atoms with van der Waals surface area (Å²) in [6.45, 7) is 6.98. The maximum Gasteiger partial charge on any atom is 0.292 e. The van der Waals surface area contributed by atoms with E-state index >= 15 is 0 Å². The molecular weight excluding hydrogens is 396 g/mol. The van der Waals surface area contributed by atoms with Gasteiger partial charge in [-0.25, -0.2) is 9.97 Å². The molecule has 0 radical (unpaired) electrons. The lowest BCUT2D eigenvalue weighted by Gasteiger charge is -2.32. The van der Waals surface area contributed by atoms with E-state index in [-0.39, 0.29) is 11.8 Å². The first kappa shape index (κ1) is 19.7. The quantitative estimate of drug-likeness (QED) is 0.631. The third-order valence-corrected chi connectivity index (χ3v) is 6.10. The highest BCUT2D eigenvalue weighted by molar-refractivity contribution is 5.91. The number of carbonyl (C=O) groups excluding carboxylic acids is 1. The van der Waals surface area contributed by atoms with Crippen LogP contribution in [0.15, 0.2) is 27.4 Å². The predicted molar refractivity (Wildman–Crippen MR) is 113 cm³/mol. The van der Waals surface area contributed by atoms with E-state index in [1.165, 1.54) is 12.8 Å². The lowest BCUT2D eigenvalue weighted by molar-refractivity contribution is 0.0670. The molecule has 5 heterocycles. The van der Waals surface area contributed by atoms with Crippen molar-refractivity contribution in [2.24, 2.45) is 0 Å². The van der Waals surface area contributed by atoms with Gasteiger partial charge in [-0.15, -0.1) is 0 Å². The molecule has 2 aliphatic rings. The van der Waals surface area contributed by atoms with Gasteiger partial charge >= 0.3 is 0 Å². The van der Waals surface area contributed by atoms with Crippen molar-refractivity contribution in [3.8, 4) is 11.3 Å². The van der Waals surface area contributed by atoms with Gasteiger partial charge in [-0.2, -0.15) is 0 Å². The minimum absolute atomic E-state index is 0.106. The number of hydrogen-bond acceptors (Lipinski definition) is 8. The zero-order valence-electron chi connectivity index (χ0n) is 17.9. The molecular formula is C22H26N6O3. The van der Waals surface area contributed by atoms with Crippen LogP contribution < -0.4 is 4.90 Å². The number of nitrogens with zero attached hydrogens (tertiary/aromatic N) is 6. The van der Waals surface area contributed by atoms with Crippen LogP contribution >= 0.6 is 0 Å². The summed E-state index contributed by atoms with van der Waals surface area (Å²) in [5.74, 6) is 1.88. The Morgan fingerprint density at radius 2 is 1.71 bits per heavy atom. The van der Waals surface area contributed by atoms with Gasteiger partial charge < -0.3 is 18.8 Å². The molecule has 9 nitrogen and oxygen atoms in total. The SMILES string of the molecule is Cc1cc(C(=O)N2CCC(c3nc(N4CCCC4)ncc3-c3cc(C)no3)CC2)on1. The fourth-order valence-electron chi connectivity index (χ4n) is 4.42. The molecule has 1 amide bonds. The molecule has 2 fully saturated rings. The van der Waals surface area contributed by atoms with E-state index in [0.29, 0.717) is 30.3 Å². The standard InChI is InChI=1S/C22H26N6O3/c1-14-11-18(30-25-14)17-13-23-22(28-7-3-4-8-28)24-20(17)16-5-9-27(10-6-16)21(29)19-12-15(2)26-31-19/h11-13,16H,3-10H2,1-2H3. The van der Waals surface area contributed by atoms with Gasteiger partial charge in [0.2, 0.25) is 11.7 Å². The van der Waals surface area contributed by atoms with Crippen molar-refractivity contribution in [1.29, 1.82) is 0 Å². The first-order valence-corrected chi connectivity index (χ1v) is 10.9. The van der Waals surface area contributed by atoms with Crippen molar-refractivity contribution >= 4 is 11.9 Å². The molecule has 0 aliphatic carbocycles. The molecule has 2 saturated heterocycles. The molecule has 3 aromatic rings. The van der Waals surface area contributed by atoms with Crippen LogP contribution in [-0.4, -0.2) is 57.3 Å². The highest BCUT2D eigenvalue weighted by Gasteiger charge is 2.30. The van der Waals surface area contributed by atoms with Crippen molar-refractivity contribution in [3.05, 3.63) is 41.2 Å². The Labute approximate surface area is 180 Å². The van der Waals surface area contributed by atoms with Crippen molar-refractivity contribution < 1.29 is 13.8 Å². The summed E-state index contributed by atoms with van der Waals surface area (Å²) in [6, 6.07) is 3.61. The Morgan fingerprint density at radius 1 is 1.00 bits per heavy atom. The summed E-state index contributed by atoms with van der Waals surface area (Å²) >= 11 is 0. The van der Waals surface area contributed by atoms with Crippen LogP contribution in [0.3, 0.4) is 0 Å². The summed E-state index contributed by atoms with van der Waals surface area (Å²) in [6.07, 6.45) is 5.84. The Kier molecular flexibility index (Phi) is 5.17. The second-order valence-corrected chi connectivity index (χ2v) is 8.39. The zero-order valence-corrected chi connectivity index (χ0v) is 17.9. The van der Waals surface area contributed by atoms with Crippen molar-refractivity contribution in [2.75, 3.05) is 31.1 Å². The van der Waals surface area contributed by atoms with Gasteiger partial charge in [-0.1, -0.05) is 10.3 Å². The third kappa shape index (κ3) is 3.92. The van der Waals surface area contributed by atoms with E-state index in [1.807, 2.05) is 31.0 Å². The van der Waals surface area contributed by atoms with Crippen LogP contribution in [0.25, 0.3) is 11.3 Å². The van der Waals surface area contributed by atoms with Gasteiger partial charge in [-0.05, 0) is 39.5 Å². The van der Waals surface area contributed by atoms with E-state index in [9.17, 15) is 4.79 Å². The third-order valence-electron chi connectivity index (χ3n) is 6.10. The Bertz CT molecular complexity index is 1080. The van der Waals surface area contributed by atoms with Gasteiger partial charge in [-0.3, -0.25) is 4.79 Å². The molecule has 162 valence electrons. The average Bonchev–Trinajstić information content (AvgIpc) is 3.55. The van der Waals surface area contributed by atoms with Crippen LogP contribution in [-0.2, 0) is 0 Å². The molecule has 0 spiro atoms. The maximum absolute atomic E-state index is 12.7. The number of piperidine rings is 1. The smallest absolute Gasteiger partial charge is 0.292 e. The second-order valence-electron chi connectivity index (χ2n) is 8.39. The van der Waals surface area contributed by atoms with Crippen LogP contribution in [0.4, 0.5) is 5.95 Å². The van der Waals surface area contributed by atoms with Gasteiger partial charge in [0.05, 0.1) is 22.6 Å². The fraction of sp³-hybridized carbons (Fsp3) is 0.500. The van der Waals surface area contributed by atoms with Gasteiger partial charge in [0.25, 0.3) is 5.91 Å². The second kappa shape index (κ2) is 8.13. The summed E-state index contributed by atoms with van der Waals surface area (Å²) in [5.41, 5.74) is 3.41. The summed E-state index contributed by atoms with van der Waals surface area (Å²) in [5, 5.41) is 7.87. The number of anilines is 1. The van der Waals surface area contributed by atoms with Crippen LogP contribution in [0.5, 0.6) is 0 Å². The monoisotopic (exact) mass is 422 g/mol. The first-order chi connectivity index (χ1) is 15.1. The number of aromatic nitrogens is 4. The summed E-state index contributed by atoms with van der Waals surface area (Å²) in [7, 11) is 0. The molecule has 0 N–H and O–H groups in total. The number of amides is 1. The molecule has 5 rings (SSSR count). The number of likely N-dealkylation sites (tertiary alicyclic amines) is 1. The Morgan fingerprint density at radius 3 is 2.35 bits per heavy atom. The van der Waals surface area contributed by atoms with E-state index in [4.69, 9.17) is 14.0 Å². The zero-order chi connectivity index (χ0) is 21.4. The van der Waals surface area contributed by atoms with Crippen LogP contribution in [0.1, 0.15) is 59.2 Å². The summed E-state index contributed by atoms with van der Waals surface area (Å²) < 4.78 is 10.7. The normalized spacial score (nSPS) is 17.5. The van der Waals surface area contributed by atoms with E-state index in [1.54, 1.807) is 6.07 Å². The van der Waals surface area contributed by atoms with E-state index in [0.717, 1.165) is 48.8 Å². The molecule has 0 bridgehead atoms. The number of aryl methyl sites for hydroxylation is 2. The lowest BCUT2D eigenvalue weighted by Crippen LogP contribution is -2.38. The van der Waals surface area contributed by atoms with Gasteiger partial charge in [0.15, 0.2) is 5.76 Å². The van der Waals surface area contributed by atoms with E-state index < -0.39 is 0 Å². The highest BCUT2D eigenvalue weighted by atomic mass is 16.5.